The first-order valence-electron chi connectivity index (χ1n) is 2.61. The molecule has 0 bridgehead atoms. The van der Waals surface area contributed by atoms with Gasteiger partial charge in [0.05, 0.1) is 0 Å². The van der Waals surface area contributed by atoms with Crippen molar-refractivity contribution in [2.45, 2.75) is 10.7 Å². The molecule has 1 atom stereocenters. The highest BCUT2D eigenvalue weighted by Crippen LogP contribution is 2.32. The van der Waals surface area contributed by atoms with E-state index in [1.165, 1.54) is 0 Å². The van der Waals surface area contributed by atoms with Crippen LogP contribution >= 0.6 is 15.9 Å². The minimum atomic E-state index is -3.10. The van der Waals surface area contributed by atoms with Gasteiger partial charge in [-0.1, -0.05) is 22.0 Å². The summed E-state index contributed by atoms with van der Waals surface area (Å²) in [6, 6.07) is 0. The molecule has 0 aromatic carbocycles. The molecule has 1 rings (SSSR count). The number of allylic oxidation sites excluding steroid dienone is 4. The maximum absolute atomic E-state index is 12.4. The standard InChI is InChI=1S/C6H4BrF3/c7-5-2-1-4(8)3-6(5,9)10/h1-3,5H. The Balaban J connectivity index is 2.88. The highest BCUT2D eigenvalue weighted by Gasteiger charge is 2.36. The van der Waals surface area contributed by atoms with Crippen molar-refractivity contribution in [1.82, 2.24) is 0 Å². The van der Waals surface area contributed by atoms with E-state index >= 15 is 0 Å². The molecular weight excluding hydrogens is 209 g/mol. The van der Waals surface area contributed by atoms with Gasteiger partial charge >= 0.3 is 0 Å². The lowest BCUT2D eigenvalue weighted by Crippen LogP contribution is -2.26. The fourth-order valence-corrected chi connectivity index (χ4v) is 0.901. The summed E-state index contributed by atoms with van der Waals surface area (Å²) in [4.78, 5) is -1.08. The Labute approximate surface area is 64.5 Å². The van der Waals surface area contributed by atoms with Crippen molar-refractivity contribution in [3.8, 4) is 0 Å². The maximum atomic E-state index is 12.4. The minimum absolute atomic E-state index is 0.298. The predicted octanol–water partition coefficient (Wildman–Crippen LogP) is 2.81. The molecular formula is C6H4BrF3. The summed E-state index contributed by atoms with van der Waals surface area (Å²) in [5.41, 5.74) is 0. The highest BCUT2D eigenvalue weighted by molar-refractivity contribution is 9.09. The molecule has 4 heteroatoms. The summed E-state index contributed by atoms with van der Waals surface area (Å²) in [5, 5.41) is 0. The second-order valence-corrected chi connectivity index (χ2v) is 2.95. The molecule has 0 amide bonds. The smallest absolute Gasteiger partial charge is 0.207 e. The second kappa shape index (κ2) is 2.42. The summed E-state index contributed by atoms with van der Waals surface area (Å²) in [6.07, 6.45) is 2.39. The molecule has 0 saturated heterocycles. The van der Waals surface area contributed by atoms with Crippen LogP contribution in [0, 0.1) is 0 Å². The average Bonchev–Trinajstić information content (AvgIpc) is 1.78. The Morgan fingerprint density at radius 3 is 2.50 bits per heavy atom. The zero-order valence-corrected chi connectivity index (χ0v) is 6.41. The molecule has 56 valence electrons. The van der Waals surface area contributed by atoms with E-state index in [1.807, 2.05) is 0 Å². The van der Waals surface area contributed by atoms with Gasteiger partial charge in [0.25, 0.3) is 5.92 Å². The van der Waals surface area contributed by atoms with Crippen LogP contribution in [0.15, 0.2) is 24.1 Å². The molecule has 0 aromatic heterocycles. The Morgan fingerprint density at radius 1 is 1.50 bits per heavy atom. The molecule has 0 nitrogen and oxygen atoms in total. The van der Waals surface area contributed by atoms with E-state index in [0.717, 1.165) is 12.2 Å². The Hall–Kier alpha value is -0.250. The normalized spacial score (nSPS) is 30.0. The van der Waals surface area contributed by atoms with Gasteiger partial charge in [-0.05, 0) is 6.08 Å². The Bertz CT molecular complexity index is 195. The van der Waals surface area contributed by atoms with Gasteiger partial charge in [0, 0.05) is 6.08 Å². The van der Waals surface area contributed by atoms with Crippen molar-refractivity contribution in [2.24, 2.45) is 0 Å². The lowest BCUT2D eigenvalue weighted by atomic mass is 10.1. The summed E-state index contributed by atoms with van der Waals surface area (Å²) in [6.45, 7) is 0. The number of rotatable bonds is 0. The molecule has 0 aliphatic heterocycles. The first kappa shape index (κ1) is 7.85. The number of alkyl halides is 3. The lowest BCUT2D eigenvalue weighted by Gasteiger charge is -2.18. The van der Waals surface area contributed by atoms with E-state index in [2.05, 4.69) is 15.9 Å². The lowest BCUT2D eigenvalue weighted by molar-refractivity contribution is 0.0626. The van der Waals surface area contributed by atoms with E-state index in [-0.39, 0.29) is 0 Å². The first-order chi connectivity index (χ1) is 4.52. The van der Waals surface area contributed by atoms with Crippen LogP contribution in [0.2, 0.25) is 0 Å². The van der Waals surface area contributed by atoms with Crippen LogP contribution in [0.1, 0.15) is 0 Å². The molecule has 0 N–H and O–H groups in total. The highest BCUT2D eigenvalue weighted by atomic mass is 79.9. The van der Waals surface area contributed by atoms with Crippen LogP contribution in [0.3, 0.4) is 0 Å². The van der Waals surface area contributed by atoms with E-state index in [1.54, 1.807) is 0 Å². The third-order valence-corrected chi connectivity index (χ3v) is 2.04. The van der Waals surface area contributed by atoms with Crippen LogP contribution in [0.5, 0.6) is 0 Å². The first-order valence-corrected chi connectivity index (χ1v) is 3.52. The monoisotopic (exact) mass is 212 g/mol. The summed E-state index contributed by atoms with van der Waals surface area (Å²) < 4.78 is 37.0. The van der Waals surface area contributed by atoms with Crippen LogP contribution in [0.4, 0.5) is 13.2 Å². The largest absolute Gasteiger partial charge is 0.285 e. The van der Waals surface area contributed by atoms with Gasteiger partial charge in [0.1, 0.15) is 10.7 Å². The fourth-order valence-electron chi connectivity index (χ4n) is 0.616. The number of halogens is 4. The van der Waals surface area contributed by atoms with Crippen LogP contribution in [-0.4, -0.2) is 10.7 Å². The molecule has 0 aromatic rings. The molecule has 0 fully saturated rings. The maximum Gasteiger partial charge on any atom is 0.285 e. The van der Waals surface area contributed by atoms with Gasteiger partial charge in [-0.25, -0.2) is 13.2 Å². The molecule has 0 heterocycles. The van der Waals surface area contributed by atoms with E-state index < -0.39 is 16.6 Å². The average molecular weight is 213 g/mol. The zero-order valence-electron chi connectivity index (χ0n) is 4.82. The van der Waals surface area contributed by atoms with E-state index in [9.17, 15) is 13.2 Å². The van der Waals surface area contributed by atoms with E-state index in [0.29, 0.717) is 6.08 Å². The van der Waals surface area contributed by atoms with Crippen molar-refractivity contribution in [2.75, 3.05) is 0 Å². The SMILES string of the molecule is FC1=CC(F)(F)C(Br)C=C1. The molecule has 1 aliphatic rings. The van der Waals surface area contributed by atoms with Crippen molar-refractivity contribution in [3.05, 3.63) is 24.1 Å². The number of hydrogen-bond acceptors (Lipinski definition) is 0. The quantitative estimate of drug-likeness (QED) is 0.542. The van der Waals surface area contributed by atoms with Gasteiger partial charge in [0.2, 0.25) is 0 Å². The minimum Gasteiger partial charge on any atom is -0.207 e. The van der Waals surface area contributed by atoms with E-state index in [4.69, 9.17) is 0 Å². The van der Waals surface area contributed by atoms with Gasteiger partial charge in [-0.2, -0.15) is 0 Å². The summed E-state index contributed by atoms with van der Waals surface area (Å²) in [5.74, 6) is -3.99. The molecule has 0 saturated carbocycles. The van der Waals surface area contributed by atoms with Crippen molar-refractivity contribution < 1.29 is 13.2 Å². The predicted molar refractivity (Wildman–Crippen MR) is 36.0 cm³/mol. The Morgan fingerprint density at radius 2 is 2.10 bits per heavy atom. The van der Waals surface area contributed by atoms with Crippen LogP contribution < -0.4 is 0 Å². The van der Waals surface area contributed by atoms with Gasteiger partial charge in [-0.15, -0.1) is 0 Å². The molecule has 1 aliphatic carbocycles. The topological polar surface area (TPSA) is 0 Å². The number of hydrogen-bond donors (Lipinski definition) is 0. The van der Waals surface area contributed by atoms with Gasteiger partial charge in [-0.3, -0.25) is 0 Å². The molecule has 0 radical (unpaired) electrons. The van der Waals surface area contributed by atoms with Crippen molar-refractivity contribution in [3.63, 3.8) is 0 Å². The molecule has 0 spiro atoms. The van der Waals surface area contributed by atoms with Gasteiger partial charge in [0.15, 0.2) is 0 Å². The fraction of sp³-hybridized carbons (Fsp3) is 0.333. The molecule has 10 heavy (non-hydrogen) atoms. The zero-order chi connectivity index (χ0) is 7.78. The van der Waals surface area contributed by atoms with Crippen LogP contribution in [0.25, 0.3) is 0 Å². The van der Waals surface area contributed by atoms with Crippen molar-refractivity contribution >= 4 is 15.9 Å². The summed E-state index contributed by atoms with van der Waals surface area (Å²) >= 11 is 2.69. The second-order valence-electron chi connectivity index (χ2n) is 1.96. The third-order valence-electron chi connectivity index (χ3n) is 1.12. The van der Waals surface area contributed by atoms with Crippen LogP contribution in [-0.2, 0) is 0 Å². The Kier molecular flexibility index (Phi) is 1.90. The van der Waals surface area contributed by atoms with Crippen molar-refractivity contribution in [1.29, 1.82) is 0 Å². The summed E-state index contributed by atoms with van der Waals surface area (Å²) in [7, 11) is 0. The third kappa shape index (κ3) is 1.42. The van der Waals surface area contributed by atoms with Gasteiger partial charge < -0.3 is 0 Å². The molecule has 1 unspecified atom stereocenters.